The fourth-order valence-corrected chi connectivity index (χ4v) is 2.91. The van der Waals surface area contributed by atoms with Crippen LogP contribution >= 0.6 is 0 Å². The zero-order valence-electron chi connectivity index (χ0n) is 14.3. The topological polar surface area (TPSA) is 96.5 Å². The minimum absolute atomic E-state index is 0.0291. The molecule has 4 atom stereocenters. The van der Waals surface area contributed by atoms with E-state index in [1.807, 2.05) is 0 Å². The molecule has 0 aromatic rings. The Kier molecular flexibility index (Phi) is 5.16. The molecule has 2 saturated carbocycles. The largest absolute Gasteiger partial charge is 0.444 e. The second-order valence-corrected chi connectivity index (χ2v) is 7.35. The summed E-state index contributed by atoms with van der Waals surface area (Å²) in [7, 11) is 1.60. The monoisotopic (exact) mass is 325 g/mol. The summed E-state index contributed by atoms with van der Waals surface area (Å²) in [6.07, 6.45) is 2.63. The lowest BCUT2D eigenvalue weighted by molar-refractivity contribution is -0.133. The van der Waals surface area contributed by atoms with E-state index in [0.29, 0.717) is 0 Å². The maximum absolute atomic E-state index is 12.3. The summed E-state index contributed by atoms with van der Waals surface area (Å²) in [5.74, 6) is -0.496. The van der Waals surface area contributed by atoms with Crippen LogP contribution in [0.25, 0.3) is 0 Å². The van der Waals surface area contributed by atoms with E-state index in [-0.39, 0.29) is 35.7 Å². The Labute approximate surface area is 136 Å². The van der Waals surface area contributed by atoms with Crippen LogP contribution in [0.1, 0.15) is 46.5 Å². The third kappa shape index (κ3) is 4.36. The Balaban J connectivity index is 1.79. The van der Waals surface area contributed by atoms with Gasteiger partial charge in [-0.15, -0.1) is 0 Å². The molecule has 2 fully saturated rings. The van der Waals surface area contributed by atoms with Crippen molar-refractivity contribution in [3.05, 3.63) is 0 Å². The van der Waals surface area contributed by atoms with Gasteiger partial charge in [0.15, 0.2) is 0 Å². The van der Waals surface area contributed by atoms with Crippen molar-refractivity contribution in [2.75, 3.05) is 7.05 Å². The minimum Gasteiger partial charge on any atom is -0.444 e. The quantitative estimate of drug-likeness (QED) is 0.716. The Morgan fingerprint density at radius 2 is 1.39 bits per heavy atom. The van der Waals surface area contributed by atoms with Gasteiger partial charge in [-0.3, -0.25) is 9.59 Å². The highest BCUT2D eigenvalue weighted by Crippen LogP contribution is 2.31. The molecule has 2 aliphatic rings. The summed E-state index contributed by atoms with van der Waals surface area (Å²) in [6.45, 7) is 5.40. The van der Waals surface area contributed by atoms with Gasteiger partial charge in [0.2, 0.25) is 11.8 Å². The molecule has 23 heavy (non-hydrogen) atoms. The number of ether oxygens (including phenoxy) is 1. The summed E-state index contributed by atoms with van der Waals surface area (Å²) < 4.78 is 5.21. The fourth-order valence-electron chi connectivity index (χ4n) is 2.91. The molecule has 0 heterocycles. The highest BCUT2D eigenvalue weighted by atomic mass is 16.6. The fraction of sp³-hybridized carbons (Fsp3) is 0.812. The summed E-state index contributed by atoms with van der Waals surface area (Å²) in [5, 5.41) is 8.32. The summed E-state index contributed by atoms with van der Waals surface area (Å²) >= 11 is 0. The van der Waals surface area contributed by atoms with Crippen molar-refractivity contribution in [1.29, 1.82) is 0 Å². The van der Waals surface area contributed by atoms with Crippen LogP contribution in [0.15, 0.2) is 0 Å². The highest BCUT2D eigenvalue weighted by Gasteiger charge is 2.42. The highest BCUT2D eigenvalue weighted by molar-refractivity contribution is 5.84. The van der Waals surface area contributed by atoms with Gasteiger partial charge >= 0.3 is 6.09 Å². The van der Waals surface area contributed by atoms with Crippen LogP contribution in [-0.4, -0.2) is 42.6 Å². The van der Waals surface area contributed by atoms with Crippen LogP contribution < -0.4 is 16.0 Å². The van der Waals surface area contributed by atoms with Crippen molar-refractivity contribution in [3.8, 4) is 0 Å². The van der Waals surface area contributed by atoms with Crippen LogP contribution in [0, 0.1) is 11.8 Å². The second kappa shape index (κ2) is 6.76. The number of amides is 3. The molecule has 3 amide bonds. The van der Waals surface area contributed by atoms with Crippen molar-refractivity contribution in [3.63, 3.8) is 0 Å². The molecule has 130 valence electrons. The Morgan fingerprint density at radius 1 is 0.870 bits per heavy atom. The molecule has 3 N–H and O–H groups in total. The number of nitrogens with one attached hydrogen (secondary N) is 3. The van der Waals surface area contributed by atoms with E-state index in [0.717, 1.165) is 25.7 Å². The molecule has 7 heteroatoms. The molecule has 0 spiro atoms. The summed E-state index contributed by atoms with van der Waals surface area (Å²) in [6, 6.07) is -0.284. The molecule has 2 aliphatic carbocycles. The lowest BCUT2D eigenvalue weighted by atomic mass is 9.76. The van der Waals surface area contributed by atoms with Gasteiger partial charge in [-0.05, 0) is 46.5 Å². The zero-order valence-corrected chi connectivity index (χ0v) is 14.3. The van der Waals surface area contributed by atoms with Crippen LogP contribution in [0.3, 0.4) is 0 Å². The molecular weight excluding hydrogens is 298 g/mol. The van der Waals surface area contributed by atoms with Gasteiger partial charge in [-0.25, -0.2) is 4.79 Å². The molecule has 7 nitrogen and oxygen atoms in total. The molecule has 0 aromatic carbocycles. The van der Waals surface area contributed by atoms with Crippen molar-refractivity contribution < 1.29 is 19.1 Å². The maximum Gasteiger partial charge on any atom is 0.407 e. The molecule has 0 aliphatic heterocycles. The van der Waals surface area contributed by atoms with E-state index in [1.165, 1.54) is 0 Å². The average molecular weight is 325 g/mol. The number of rotatable bonds is 4. The first-order valence-electron chi connectivity index (χ1n) is 8.22. The van der Waals surface area contributed by atoms with Crippen molar-refractivity contribution >= 4 is 17.9 Å². The van der Waals surface area contributed by atoms with Crippen LogP contribution in [0.4, 0.5) is 4.79 Å². The lowest BCUT2D eigenvalue weighted by Crippen LogP contribution is -2.58. The number of carbonyl (C=O) groups is 3. The van der Waals surface area contributed by atoms with E-state index in [4.69, 9.17) is 4.74 Å². The van der Waals surface area contributed by atoms with Gasteiger partial charge in [0.05, 0.1) is 11.8 Å². The second-order valence-electron chi connectivity index (χ2n) is 7.35. The summed E-state index contributed by atoms with van der Waals surface area (Å²) in [5.41, 5.74) is -0.557. The Hall–Kier alpha value is -1.79. The number of hydrogen-bond acceptors (Lipinski definition) is 4. The molecule has 0 unspecified atom stereocenters. The molecular formula is C16H27N3O4. The normalized spacial score (nSPS) is 29.6. The van der Waals surface area contributed by atoms with E-state index in [1.54, 1.807) is 27.8 Å². The zero-order chi connectivity index (χ0) is 17.2. The first-order chi connectivity index (χ1) is 10.7. The molecule has 2 rings (SSSR count). The number of hydrogen-bond donors (Lipinski definition) is 3. The first kappa shape index (κ1) is 17.6. The van der Waals surface area contributed by atoms with Crippen molar-refractivity contribution in [2.45, 2.75) is 64.1 Å². The van der Waals surface area contributed by atoms with E-state index in [2.05, 4.69) is 16.0 Å². The van der Waals surface area contributed by atoms with Gasteiger partial charge in [0, 0.05) is 19.1 Å². The lowest BCUT2D eigenvalue weighted by Gasteiger charge is -2.40. The molecule has 0 aromatic heterocycles. The van der Waals surface area contributed by atoms with Crippen LogP contribution in [0.2, 0.25) is 0 Å². The average Bonchev–Trinajstić information content (AvgIpc) is 2.37. The molecule has 0 radical (unpaired) electrons. The minimum atomic E-state index is -0.557. The predicted molar refractivity (Wildman–Crippen MR) is 84.6 cm³/mol. The van der Waals surface area contributed by atoms with Gasteiger partial charge < -0.3 is 20.7 Å². The first-order valence-corrected chi connectivity index (χ1v) is 8.22. The van der Waals surface area contributed by atoms with Crippen molar-refractivity contribution in [1.82, 2.24) is 16.0 Å². The van der Waals surface area contributed by atoms with Gasteiger partial charge in [0.25, 0.3) is 0 Å². The summed E-state index contributed by atoms with van der Waals surface area (Å²) in [4.78, 5) is 35.8. The Morgan fingerprint density at radius 3 is 1.83 bits per heavy atom. The standard InChI is InChI=1S/C16H27N3O4/c1-16(2,3)23-15(22)19-12-8-6-10(12)14(21)18-11-7-5-9(11)13(20)17-4/h9-12H,5-8H2,1-4H3,(H,17,20)(H,18,21)(H,19,22)/t9-,10+,11-,12-/m0/s1. The van der Waals surface area contributed by atoms with E-state index < -0.39 is 11.7 Å². The Bertz CT molecular complexity index is 486. The van der Waals surface area contributed by atoms with Crippen LogP contribution in [-0.2, 0) is 14.3 Å². The molecule has 0 saturated heterocycles. The van der Waals surface area contributed by atoms with E-state index in [9.17, 15) is 14.4 Å². The maximum atomic E-state index is 12.3. The number of carbonyl (C=O) groups excluding carboxylic acids is 3. The SMILES string of the molecule is CNC(=O)[C@H]1CC[C@@H]1NC(=O)[C@@H]1CC[C@@H]1NC(=O)OC(C)(C)C. The van der Waals surface area contributed by atoms with Crippen LogP contribution in [0.5, 0.6) is 0 Å². The number of alkyl carbamates (subject to hydrolysis) is 1. The van der Waals surface area contributed by atoms with E-state index >= 15 is 0 Å². The third-order valence-electron chi connectivity index (χ3n) is 4.50. The predicted octanol–water partition coefficient (Wildman–Crippen LogP) is 0.930. The van der Waals surface area contributed by atoms with Crippen molar-refractivity contribution in [2.24, 2.45) is 11.8 Å². The third-order valence-corrected chi connectivity index (χ3v) is 4.50. The van der Waals surface area contributed by atoms with Gasteiger partial charge in [0.1, 0.15) is 5.60 Å². The molecule has 0 bridgehead atoms. The van der Waals surface area contributed by atoms with Gasteiger partial charge in [-0.1, -0.05) is 0 Å². The van der Waals surface area contributed by atoms with Gasteiger partial charge in [-0.2, -0.15) is 0 Å². The smallest absolute Gasteiger partial charge is 0.407 e.